The fourth-order valence-corrected chi connectivity index (χ4v) is 3.58. The van der Waals surface area contributed by atoms with Crippen LogP contribution < -0.4 is 15.8 Å². The Hall–Kier alpha value is -2.67. The molecule has 1 amide bonds. The third-order valence-electron chi connectivity index (χ3n) is 4.23. The van der Waals surface area contributed by atoms with Gasteiger partial charge in [-0.15, -0.1) is 11.3 Å². The van der Waals surface area contributed by atoms with Crippen LogP contribution in [0.2, 0.25) is 0 Å². The largest absolute Gasteiger partial charge is 0.343 e. The number of hydrogen-bond acceptors (Lipinski definition) is 5. The van der Waals surface area contributed by atoms with E-state index in [1.54, 1.807) is 0 Å². The fourth-order valence-electron chi connectivity index (χ4n) is 2.80. The summed E-state index contributed by atoms with van der Waals surface area (Å²) in [7, 11) is 0. The highest BCUT2D eigenvalue weighted by Crippen LogP contribution is 2.19. The van der Waals surface area contributed by atoms with Crippen LogP contribution in [0.4, 0.5) is 11.6 Å². The van der Waals surface area contributed by atoms with Crippen LogP contribution in [0.15, 0.2) is 40.5 Å². The molecule has 26 heavy (non-hydrogen) atoms. The standard InChI is InChI=1S/C19H22N4O2S/c1-4-22(5-2)19-21-15-10-11-26-17(15)18(25)23(19)12-16(24)20-14-8-6-13(3)7-9-14/h6-11H,4-5,12H2,1-3H3,(H,20,24). The first-order chi connectivity index (χ1) is 12.5. The van der Waals surface area contributed by atoms with Crippen LogP contribution in [-0.2, 0) is 11.3 Å². The number of fused-ring (bicyclic) bond motifs is 1. The van der Waals surface area contributed by atoms with Crippen molar-refractivity contribution in [2.24, 2.45) is 0 Å². The lowest BCUT2D eigenvalue weighted by molar-refractivity contribution is -0.116. The summed E-state index contributed by atoms with van der Waals surface area (Å²) in [6.45, 7) is 7.34. The number of carbonyl (C=O) groups is 1. The number of benzene rings is 1. The van der Waals surface area contributed by atoms with E-state index in [1.807, 2.05) is 61.4 Å². The van der Waals surface area contributed by atoms with Gasteiger partial charge in [-0.2, -0.15) is 0 Å². The van der Waals surface area contributed by atoms with Crippen molar-refractivity contribution in [1.29, 1.82) is 0 Å². The number of amides is 1. The zero-order valence-electron chi connectivity index (χ0n) is 15.2. The number of nitrogens with zero attached hydrogens (tertiary/aromatic N) is 3. The molecule has 7 heteroatoms. The minimum Gasteiger partial charge on any atom is -0.343 e. The van der Waals surface area contributed by atoms with Gasteiger partial charge >= 0.3 is 0 Å². The van der Waals surface area contributed by atoms with Crippen molar-refractivity contribution in [2.45, 2.75) is 27.3 Å². The lowest BCUT2D eigenvalue weighted by Crippen LogP contribution is -2.35. The topological polar surface area (TPSA) is 67.2 Å². The van der Waals surface area contributed by atoms with E-state index in [1.165, 1.54) is 15.9 Å². The van der Waals surface area contributed by atoms with Crippen LogP contribution >= 0.6 is 11.3 Å². The molecule has 0 atom stereocenters. The highest BCUT2D eigenvalue weighted by atomic mass is 32.1. The van der Waals surface area contributed by atoms with Crippen molar-refractivity contribution in [2.75, 3.05) is 23.3 Å². The fraction of sp³-hybridized carbons (Fsp3) is 0.316. The molecule has 0 aliphatic carbocycles. The number of hydrogen-bond donors (Lipinski definition) is 1. The van der Waals surface area contributed by atoms with Crippen LogP contribution in [0.3, 0.4) is 0 Å². The molecular weight excluding hydrogens is 348 g/mol. The van der Waals surface area contributed by atoms with Crippen molar-refractivity contribution in [3.05, 3.63) is 51.6 Å². The molecule has 0 saturated carbocycles. The number of rotatable bonds is 6. The van der Waals surface area contributed by atoms with Crippen LogP contribution in [0, 0.1) is 6.92 Å². The van der Waals surface area contributed by atoms with Crippen LogP contribution in [-0.4, -0.2) is 28.5 Å². The summed E-state index contributed by atoms with van der Waals surface area (Å²) in [6, 6.07) is 9.40. The molecule has 1 N–H and O–H groups in total. The average Bonchev–Trinajstić information content (AvgIpc) is 3.10. The van der Waals surface area contributed by atoms with E-state index in [0.717, 1.165) is 5.56 Å². The average molecular weight is 370 g/mol. The molecule has 1 aromatic carbocycles. The van der Waals surface area contributed by atoms with Crippen molar-refractivity contribution in [3.8, 4) is 0 Å². The SMILES string of the molecule is CCN(CC)c1nc2ccsc2c(=O)n1CC(=O)Nc1ccc(C)cc1. The molecule has 6 nitrogen and oxygen atoms in total. The number of anilines is 2. The molecule has 3 aromatic rings. The monoisotopic (exact) mass is 370 g/mol. The zero-order chi connectivity index (χ0) is 18.7. The van der Waals surface area contributed by atoms with Gasteiger partial charge in [-0.3, -0.25) is 14.2 Å². The summed E-state index contributed by atoms with van der Waals surface area (Å²) < 4.78 is 2.04. The molecule has 0 aliphatic rings. The van der Waals surface area contributed by atoms with Gasteiger partial charge in [0.1, 0.15) is 11.2 Å². The molecule has 2 aromatic heterocycles. The summed E-state index contributed by atoms with van der Waals surface area (Å²) in [5.41, 5.74) is 2.33. The number of carbonyl (C=O) groups excluding carboxylic acids is 1. The second-order valence-electron chi connectivity index (χ2n) is 6.02. The molecule has 3 rings (SSSR count). The maximum absolute atomic E-state index is 12.9. The molecule has 0 unspecified atom stereocenters. The first-order valence-electron chi connectivity index (χ1n) is 8.63. The second-order valence-corrected chi connectivity index (χ2v) is 6.94. The summed E-state index contributed by atoms with van der Waals surface area (Å²) in [6.07, 6.45) is 0. The van der Waals surface area contributed by atoms with Gasteiger partial charge in [-0.1, -0.05) is 17.7 Å². The highest BCUT2D eigenvalue weighted by molar-refractivity contribution is 7.17. The Morgan fingerprint density at radius 1 is 1.19 bits per heavy atom. The van der Waals surface area contributed by atoms with Crippen LogP contribution in [0.25, 0.3) is 10.2 Å². The van der Waals surface area contributed by atoms with Gasteiger partial charge in [0, 0.05) is 18.8 Å². The quantitative estimate of drug-likeness (QED) is 0.723. The van der Waals surface area contributed by atoms with E-state index >= 15 is 0 Å². The number of nitrogens with one attached hydrogen (secondary N) is 1. The summed E-state index contributed by atoms with van der Waals surface area (Å²) in [5, 5.41) is 4.70. The Labute approximate surface area is 156 Å². The predicted molar refractivity (Wildman–Crippen MR) is 107 cm³/mol. The van der Waals surface area contributed by atoms with E-state index in [2.05, 4.69) is 10.3 Å². The molecule has 0 saturated heterocycles. The van der Waals surface area contributed by atoms with Gasteiger partial charge in [0.05, 0.1) is 5.52 Å². The van der Waals surface area contributed by atoms with E-state index in [0.29, 0.717) is 34.9 Å². The lowest BCUT2D eigenvalue weighted by Gasteiger charge is -2.23. The van der Waals surface area contributed by atoms with Crippen molar-refractivity contribution in [3.63, 3.8) is 0 Å². The third-order valence-corrected chi connectivity index (χ3v) is 5.12. The van der Waals surface area contributed by atoms with Crippen molar-refractivity contribution in [1.82, 2.24) is 9.55 Å². The molecule has 0 fully saturated rings. The normalized spacial score (nSPS) is 10.9. The molecule has 0 radical (unpaired) electrons. The number of thiophene rings is 1. The minimum absolute atomic E-state index is 0.0701. The third kappa shape index (κ3) is 3.62. The van der Waals surface area contributed by atoms with Gasteiger partial charge in [-0.05, 0) is 44.4 Å². The molecule has 0 bridgehead atoms. The Balaban J connectivity index is 1.95. The highest BCUT2D eigenvalue weighted by Gasteiger charge is 2.18. The molecule has 136 valence electrons. The van der Waals surface area contributed by atoms with Crippen molar-refractivity contribution >= 4 is 39.1 Å². The van der Waals surface area contributed by atoms with E-state index in [9.17, 15) is 9.59 Å². The Morgan fingerprint density at radius 2 is 1.88 bits per heavy atom. The maximum atomic E-state index is 12.9. The Kier molecular flexibility index (Phi) is 5.37. The second kappa shape index (κ2) is 7.70. The van der Waals surface area contributed by atoms with Gasteiger partial charge in [-0.25, -0.2) is 4.98 Å². The van der Waals surface area contributed by atoms with Crippen LogP contribution in [0.1, 0.15) is 19.4 Å². The van der Waals surface area contributed by atoms with E-state index in [-0.39, 0.29) is 18.0 Å². The van der Waals surface area contributed by atoms with E-state index in [4.69, 9.17) is 0 Å². The predicted octanol–water partition coefficient (Wildman–Crippen LogP) is 3.25. The minimum atomic E-state index is -0.248. The maximum Gasteiger partial charge on any atom is 0.273 e. The number of aromatic nitrogens is 2. The smallest absolute Gasteiger partial charge is 0.273 e. The Morgan fingerprint density at radius 3 is 2.54 bits per heavy atom. The Bertz CT molecular complexity index is 971. The van der Waals surface area contributed by atoms with Gasteiger partial charge < -0.3 is 10.2 Å². The summed E-state index contributed by atoms with van der Waals surface area (Å²) in [5.74, 6) is 0.284. The number of aryl methyl sites for hydroxylation is 1. The summed E-state index contributed by atoms with van der Waals surface area (Å²) in [4.78, 5) is 32.0. The van der Waals surface area contributed by atoms with Crippen molar-refractivity contribution < 1.29 is 4.79 Å². The first-order valence-corrected chi connectivity index (χ1v) is 9.51. The van der Waals surface area contributed by atoms with Gasteiger partial charge in [0.15, 0.2) is 0 Å². The van der Waals surface area contributed by atoms with Gasteiger partial charge in [0.2, 0.25) is 11.9 Å². The van der Waals surface area contributed by atoms with E-state index < -0.39 is 0 Å². The molecule has 2 heterocycles. The summed E-state index contributed by atoms with van der Waals surface area (Å²) >= 11 is 1.35. The first kappa shape index (κ1) is 18.1. The lowest BCUT2D eigenvalue weighted by atomic mass is 10.2. The van der Waals surface area contributed by atoms with Crippen LogP contribution in [0.5, 0.6) is 0 Å². The molecule has 0 aliphatic heterocycles. The molecular formula is C19H22N4O2S. The molecule has 0 spiro atoms. The van der Waals surface area contributed by atoms with Gasteiger partial charge in [0.25, 0.3) is 5.56 Å². The zero-order valence-corrected chi connectivity index (χ0v) is 16.0.